The first-order valence-electron chi connectivity index (χ1n) is 8.82. The fourth-order valence-corrected chi connectivity index (χ4v) is 3.03. The average Bonchev–Trinajstić information content (AvgIpc) is 2.59. The minimum atomic E-state index is -0.167. The van der Waals surface area contributed by atoms with Crippen molar-refractivity contribution in [1.29, 1.82) is 0 Å². The van der Waals surface area contributed by atoms with Gasteiger partial charge in [-0.05, 0) is 42.7 Å². The molecule has 1 aromatic heterocycles. The van der Waals surface area contributed by atoms with Crippen LogP contribution in [0.25, 0.3) is 10.9 Å². The fraction of sp³-hybridized carbons (Fsp3) is 0.250. The second-order valence-corrected chi connectivity index (χ2v) is 6.60. The number of nitrogens with one attached hydrogen (secondary N) is 3. The number of hydrogen-bond acceptors (Lipinski definition) is 4. The van der Waals surface area contributed by atoms with E-state index in [4.69, 9.17) is 0 Å². The van der Waals surface area contributed by atoms with Crippen LogP contribution in [0, 0.1) is 5.92 Å². The number of aromatic amines is 1. The first-order chi connectivity index (χ1) is 12.7. The van der Waals surface area contributed by atoms with Gasteiger partial charge in [-0.25, -0.2) is 4.98 Å². The molecule has 0 radical (unpaired) electrons. The minimum absolute atomic E-state index is 0.0990. The minimum Gasteiger partial charge on any atom is -0.352 e. The summed E-state index contributed by atoms with van der Waals surface area (Å²) in [5.74, 6) is 0.683. The second-order valence-electron chi connectivity index (χ2n) is 6.60. The molecule has 0 unspecified atom stereocenters. The first-order valence-corrected chi connectivity index (χ1v) is 8.82. The Labute approximate surface area is 150 Å². The summed E-state index contributed by atoms with van der Waals surface area (Å²) >= 11 is 0. The van der Waals surface area contributed by atoms with Gasteiger partial charge < -0.3 is 10.6 Å². The maximum atomic E-state index is 12.1. The van der Waals surface area contributed by atoms with Crippen LogP contribution in [-0.2, 0) is 11.3 Å². The van der Waals surface area contributed by atoms with Crippen LogP contribution in [0.15, 0.2) is 53.3 Å². The van der Waals surface area contributed by atoms with Gasteiger partial charge in [0.25, 0.3) is 5.56 Å². The van der Waals surface area contributed by atoms with Gasteiger partial charge in [-0.3, -0.25) is 14.6 Å². The summed E-state index contributed by atoms with van der Waals surface area (Å²) < 4.78 is 0. The van der Waals surface area contributed by atoms with E-state index in [1.165, 1.54) is 0 Å². The number of nitrogens with zero attached hydrogens (tertiary/aromatic N) is 1. The third-order valence-electron chi connectivity index (χ3n) is 4.74. The molecule has 2 aromatic carbocycles. The molecule has 1 fully saturated rings. The van der Waals surface area contributed by atoms with Gasteiger partial charge in [0.1, 0.15) is 0 Å². The Hall–Kier alpha value is -3.15. The van der Waals surface area contributed by atoms with Crippen LogP contribution in [0.4, 0.5) is 11.6 Å². The predicted octanol–water partition coefficient (Wildman–Crippen LogP) is 3.27. The molecular formula is C20H20N4O2. The van der Waals surface area contributed by atoms with Crippen LogP contribution in [0.5, 0.6) is 0 Å². The molecule has 1 aliphatic rings. The van der Waals surface area contributed by atoms with E-state index in [1.54, 1.807) is 6.07 Å². The van der Waals surface area contributed by atoms with Crippen molar-refractivity contribution in [2.45, 2.75) is 25.8 Å². The average molecular weight is 348 g/mol. The Morgan fingerprint density at radius 2 is 2.00 bits per heavy atom. The lowest BCUT2D eigenvalue weighted by Gasteiger charge is -2.24. The van der Waals surface area contributed by atoms with Gasteiger partial charge in [0.2, 0.25) is 11.9 Å². The predicted molar refractivity (Wildman–Crippen MR) is 102 cm³/mol. The molecule has 0 saturated heterocycles. The topological polar surface area (TPSA) is 86.9 Å². The van der Waals surface area contributed by atoms with Crippen LogP contribution in [0.2, 0.25) is 0 Å². The van der Waals surface area contributed by atoms with E-state index in [2.05, 4.69) is 20.6 Å². The summed E-state index contributed by atoms with van der Waals surface area (Å²) in [4.78, 5) is 31.3. The molecule has 0 bridgehead atoms. The summed E-state index contributed by atoms with van der Waals surface area (Å²) in [6.07, 6.45) is 3.10. The van der Waals surface area contributed by atoms with Crippen LogP contribution < -0.4 is 16.2 Å². The third kappa shape index (κ3) is 3.44. The van der Waals surface area contributed by atoms with Gasteiger partial charge >= 0.3 is 0 Å². The summed E-state index contributed by atoms with van der Waals surface area (Å²) in [5, 5.41) is 6.68. The Kier molecular flexibility index (Phi) is 4.39. The highest BCUT2D eigenvalue weighted by Crippen LogP contribution is 2.27. The molecular weight excluding hydrogens is 328 g/mol. The standard InChI is InChI=1S/C20H20N4O2/c25-18(14-6-4-7-14)22-15-8-3-5-13(11-15)12-21-20-23-17-10-2-1-9-16(17)19(26)24-20/h1-3,5,8-11,14H,4,6-7,12H2,(H,22,25)(H2,21,23,24,26). The van der Waals surface area contributed by atoms with Crippen molar-refractivity contribution in [3.8, 4) is 0 Å². The van der Waals surface area contributed by atoms with Gasteiger partial charge in [-0.15, -0.1) is 0 Å². The zero-order valence-corrected chi connectivity index (χ0v) is 14.3. The van der Waals surface area contributed by atoms with E-state index in [-0.39, 0.29) is 17.4 Å². The molecule has 0 aliphatic heterocycles. The quantitative estimate of drug-likeness (QED) is 0.660. The summed E-state index contributed by atoms with van der Waals surface area (Å²) in [5.41, 5.74) is 2.27. The molecule has 1 heterocycles. The van der Waals surface area contributed by atoms with Gasteiger partial charge in [0.05, 0.1) is 10.9 Å². The Balaban J connectivity index is 1.45. The number of amides is 1. The van der Waals surface area contributed by atoms with Crippen molar-refractivity contribution in [1.82, 2.24) is 9.97 Å². The number of fused-ring (bicyclic) bond motifs is 1. The Morgan fingerprint density at radius 1 is 1.15 bits per heavy atom. The highest BCUT2D eigenvalue weighted by molar-refractivity contribution is 5.93. The number of benzene rings is 2. The molecule has 26 heavy (non-hydrogen) atoms. The highest BCUT2D eigenvalue weighted by atomic mass is 16.2. The van der Waals surface area contributed by atoms with Crippen LogP contribution in [0.1, 0.15) is 24.8 Å². The molecule has 3 aromatic rings. The molecule has 0 atom stereocenters. The number of H-pyrrole nitrogens is 1. The number of carbonyl (C=O) groups is 1. The number of para-hydroxylation sites is 1. The van der Waals surface area contributed by atoms with E-state index in [0.717, 1.165) is 30.5 Å². The lowest BCUT2D eigenvalue weighted by atomic mass is 9.85. The summed E-state index contributed by atoms with van der Waals surface area (Å²) in [7, 11) is 0. The van der Waals surface area contributed by atoms with Crippen molar-refractivity contribution in [2.24, 2.45) is 5.92 Å². The van der Waals surface area contributed by atoms with E-state index >= 15 is 0 Å². The maximum Gasteiger partial charge on any atom is 0.260 e. The lowest BCUT2D eigenvalue weighted by molar-refractivity contribution is -0.122. The van der Waals surface area contributed by atoms with Gasteiger partial charge in [-0.1, -0.05) is 30.7 Å². The van der Waals surface area contributed by atoms with Gasteiger partial charge in [0, 0.05) is 18.2 Å². The number of anilines is 2. The smallest absolute Gasteiger partial charge is 0.260 e. The zero-order valence-electron chi connectivity index (χ0n) is 14.3. The molecule has 6 nitrogen and oxygen atoms in total. The molecule has 3 N–H and O–H groups in total. The molecule has 1 saturated carbocycles. The van der Waals surface area contributed by atoms with E-state index in [1.807, 2.05) is 42.5 Å². The third-order valence-corrected chi connectivity index (χ3v) is 4.74. The molecule has 1 aliphatic carbocycles. The Bertz CT molecular complexity index is 1010. The molecule has 132 valence electrons. The molecule has 0 spiro atoms. The van der Waals surface area contributed by atoms with Crippen molar-refractivity contribution < 1.29 is 4.79 Å². The SMILES string of the molecule is O=C(Nc1cccc(CNc2nc3ccccc3c(=O)[nH]2)c1)C1CCC1. The largest absolute Gasteiger partial charge is 0.352 e. The first kappa shape index (κ1) is 16.3. The Morgan fingerprint density at radius 3 is 2.81 bits per heavy atom. The second kappa shape index (κ2) is 7.00. The molecule has 6 heteroatoms. The van der Waals surface area contributed by atoms with Crippen molar-refractivity contribution in [3.05, 3.63) is 64.4 Å². The number of carbonyl (C=O) groups excluding carboxylic acids is 1. The number of hydrogen-bond donors (Lipinski definition) is 3. The van der Waals surface area contributed by atoms with Crippen molar-refractivity contribution in [3.63, 3.8) is 0 Å². The lowest BCUT2D eigenvalue weighted by Crippen LogP contribution is -2.28. The summed E-state index contributed by atoms with van der Waals surface area (Å²) in [6, 6.07) is 14.9. The highest BCUT2D eigenvalue weighted by Gasteiger charge is 2.25. The van der Waals surface area contributed by atoms with Crippen LogP contribution in [0.3, 0.4) is 0 Å². The van der Waals surface area contributed by atoms with Gasteiger partial charge in [0.15, 0.2) is 0 Å². The van der Waals surface area contributed by atoms with E-state index < -0.39 is 0 Å². The normalized spacial score (nSPS) is 14.0. The zero-order chi connectivity index (χ0) is 17.9. The fourth-order valence-electron chi connectivity index (χ4n) is 3.03. The van der Waals surface area contributed by atoms with Crippen LogP contribution in [-0.4, -0.2) is 15.9 Å². The van der Waals surface area contributed by atoms with Gasteiger partial charge in [-0.2, -0.15) is 0 Å². The van der Waals surface area contributed by atoms with Crippen molar-refractivity contribution in [2.75, 3.05) is 10.6 Å². The maximum absolute atomic E-state index is 12.1. The number of rotatable bonds is 5. The van der Waals surface area contributed by atoms with E-state index in [0.29, 0.717) is 23.4 Å². The van der Waals surface area contributed by atoms with E-state index in [9.17, 15) is 9.59 Å². The molecule has 1 amide bonds. The summed E-state index contributed by atoms with van der Waals surface area (Å²) in [6.45, 7) is 0.494. The monoisotopic (exact) mass is 348 g/mol. The molecule has 4 rings (SSSR count). The van der Waals surface area contributed by atoms with Crippen molar-refractivity contribution >= 4 is 28.4 Å². The van der Waals surface area contributed by atoms with Crippen LogP contribution >= 0.6 is 0 Å². The number of aromatic nitrogens is 2.